The molecule has 0 aliphatic rings. The van der Waals surface area contributed by atoms with Crippen molar-refractivity contribution >= 4 is 30.7 Å². The van der Waals surface area contributed by atoms with Crippen LogP contribution < -0.4 is 0 Å². The molecule has 13 heteroatoms. The van der Waals surface area contributed by atoms with Crippen molar-refractivity contribution in [3.63, 3.8) is 0 Å². The van der Waals surface area contributed by atoms with Gasteiger partial charge >= 0.3 is 18.3 Å². The van der Waals surface area contributed by atoms with E-state index >= 15 is 0 Å². The minimum absolute atomic E-state index is 0.124. The quantitative estimate of drug-likeness (QED) is 0.0432. The summed E-state index contributed by atoms with van der Waals surface area (Å²) in [4.78, 5) is 11.7. The van der Waals surface area contributed by atoms with Crippen LogP contribution in [0.1, 0.15) is 79.6 Å². The Balaban J connectivity index is 6.29. The first kappa shape index (κ1) is 40.4. The fourth-order valence-electron chi connectivity index (χ4n) is 5.25. The number of alkyl halides is 6. The highest BCUT2D eigenvalue weighted by Gasteiger charge is 2.56. The van der Waals surface area contributed by atoms with Gasteiger partial charge in [-0.1, -0.05) is 59.3 Å². The average molecular weight is 653 g/mol. The molecule has 0 aromatic heterocycles. The average Bonchev–Trinajstić information content (AvgIpc) is 2.85. The SMILES string of the molecule is C=C(C)C(=O)OCCC[Si](C)(C)C(C)O[Si](C)(CCC(F)(F)F)C(CC)(CC)O[Si](C)(CCCC)CCC(F)(F)F. The van der Waals surface area contributed by atoms with Gasteiger partial charge in [-0.3, -0.25) is 0 Å². The molecule has 0 amide bonds. The Kier molecular flexibility index (Phi) is 16.2. The summed E-state index contributed by atoms with van der Waals surface area (Å²) in [5, 5.41) is -1.05. The van der Waals surface area contributed by atoms with Gasteiger partial charge in [0.05, 0.1) is 19.9 Å². The summed E-state index contributed by atoms with van der Waals surface area (Å²) in [7, 11) is -8.53. The van der Waals surface area contributed by atoms with E-state index < -0.39 is 61.1 Å². The molecule has 3 unspecified atom stereocenters. The van der Waals surface area contributed by atoms with Crippen molar-refractivity contribution in [2.24, 2.45) is 0 Å². The molecule has 0 aromatic rings. The van der Waals surface area contributed by atoms with E-state index in [1.165, 1.54) is 0 Å². The van der Waals surface area contributed by atoms with Gasteiger partial charge < -0.3 is 13.6 Å². The van der Waals surface area contributed by atoms with Crippen LogP contribution in [-0.2, 0) is 18.4 Å². The van der Waals surface area contributed by atoms with E-state index in [0.29, 0.717) is 37.3 Å². The fraction of sp³-hybridized carbons (Fsp3) is 0.893. The van der Waals surface area contributed by atoms with Gasteiger partial charge in [0.25, 0.3) is 0 Å². The van der Waals surface area contributed by atoms with E-state index in [1.807, 2.05) is 27.7 Å². The highest BCUT2D eigenvalue weighted by molar-refractivity contribution is 6.82. The molecule has 3 atom stereocenters. The third-order valence-corrected chi connectivity index (χ3v) is 21.3. The zero-order valence-corrected chi connectivity index (χ0v) is 29.7. The van der Waals surface area contributed by atoms with Crippen LogP contribution in [0.3, 0.4) is 0 Å². The van der Waals surface area contributed by atoms with Crippen LogP contribution in [0.2, 0.25) is 50.4 Å². The third kappa shape index (κ3) is 14.1. The van der Waals surface area contributed by atoms with E-state index in [2.05, 4.69) is 19.7 Å². The number of carbonyl (C=O) groups excluding carboxylic acids is 1. The Bertz CT molecular complexity index is 818. The number of unbranched alkanes of at least 4 members (excludes halogenated alkanes) is 1. The third-order valence-electron chi connectivity index (χ3n) is 8.51. The van der Waals surface area contributed by atoms with E-state index in [0.717, 1.165) is 12.5 Å². The second kappa shape index (κ2) is 16.4. The molecule has 0 bridgehead atoms. The zero-order chi connectivity index (χ0) is 32.3. The summed E-state index contributed by atoms with van der Waals surface area (Å²) >= 11 is 0. The summed E-state index contributed by atoms with van der Waals surface area (Å²) in [6.45, 7) is 20.7. The highest BCUT2D eigenvalue weighted by atomic mass is 28.4. The van der Waals surface area contributed by atoms with Crippen molar-refractivity contribution in [3.05, 3.63) is 12.2 Å². The van der Waals surface area contributed by atoms with E-state index in [-0.39, 0.29) is 24.4 Å². The number of hydrogen-bond acceptors (Lipinski definition) is 4. The molecule has 0 saturated heterocycles. The van der Waals surface area contributed by atoms with E-state index in [1.54, 1.807) is 20.0 Å². The van der Waals surface area contributed by atoms with Crippen LogP contribution in [0, 0.1) is 0 Å². The molecule has 4 nitrogen and oxygen atoms in total. The Labute approximate surface area is 247 Å². The molecule has 0 aliphatic heterocycles. The smallest absolute Gasteiger partial charge is 0.388 e. The number of rotatable bonds is 20. The summed E-state index contributed by atoms with van der Waals surface area (Å²) < 4.78 is 99.6. The number of carbonyl (C=O) groups is 1. The Hall–Kier alpha value is -0.639. The Morgan fingerprint density at radius 3 is 1.78 bits per heavy atom. The minimum Gasteiger partial charge on any atom is -0.462 e. The van der Waals surface area contributed by atoms with Gasteiger partial charge in [0, 0.05) is 24.1 Å². The number of esters is 1. The molecule has 0 N–H and O–H groups in total. The maximum Gasteiger partial charge on any atom is 0.388 e. The van der Waals surface area contributed by atoms with Crippen LogP contribution in [0.15, 0.2) is 12.2 Å². The molecule has 244 valence electrons. The lowest BCUT2D eigenvalue weighted by molar-refractivity contribution is -0.139. The van der Waals surface area contributed by atoms with Gasteiger partial charge in [-0.15, -0.1) is 0 Å². The van der Waals surface area contributed by atoms with Crippen molar-refractivity contribution < 1.29 is 44.7 Å². The maximum atomic E-state index is 13.6. The molecule has 0 fully saturated rings. The summed E-state index contributed by atoms with van der Waals surface area (Å²) in [6.07, 6.45) is -7.88. The lowest BCUT2D eigenvalue weighted by atomic mass is 10.2. The van der Waals surface area contributed by atoms with Gasteiger partial charge in [0.15, 0.2) is 8.32 Å². The first-order chi connectivity index (χ1) is 18.5. The van der Waals surface area contributed by atoms with Gasteiger partial charge in [-0.2, -0.15) is 26.3 Å². The Morgan fingerprint density at radius 2 is 1.34 bits per heavy atom. The topological polar surface area (TPSA) is 44.8 Å². The second-order valence-corrected chi connectivity index (χ2v) is 26.1. The van der Waals surface area contributed by atoms with Gasteiger partial charge in [0.1, 0.15) is 0 Å². The van der Waals surface area contributed by atoms with E-state index in [4.69, 9.17) is 13.6 Å². The lowest BCUT2D eigenvalue weighted by Crippen LogP contribution is -2.66. The van der Waals surface area contributed by atoms with E-state index in [9.17, 15) is 31.1 Å². The number of hydrogen-bond donors (Lipinski definition) is 0. The van der Waals surface area contributed by atoms with Crippen molar-refractivity contribution in [2.75, 3.05) is 6.61 Å². The Morgan fingerprint density at radius 1 is 0.829 bits per heavy atom. The molecule has 0 aromatic carbocycles. The standard InChI is InChI=1S/C28H54F6O4Si3/c1-11-14-20-40(9,21-16-27(29,30)31)38-26(12-2,13-3)41(10,22-17-28(32,33)34)37-24(6)39(7,8)19-15-18-36-25(35)23(4)5/h24H,4,11-22H2,1-3,5-10H3. The van der Waals surface area contributed by atoms with Crippen LogP contribution in [0.5, 0.6) is 0 Å². The zero-order valence-electron chi connectivity index (χ0n) is 26.7. The number of halogens is 6. The molecule has 0 aliphatic carbocycles. The minimum atomic E-state index is -4.40. The normalized spacial score (nSPS) is 17.0. The number of ether oxygens (including phenoxy) is 1. The molecule has 0 radical (unpaired) electrons. The fourth-order valence-corrected chi connectivity index (χ4v) is 17.8. The molecular formula is C28H54F6O4Si3. The van der Waals surface area contributed by atoms with Gasteiger partial charge in [-0.25, -0.2) is 4.79 Å². The van der Waals surface area contributed by atoms with Crippen molar-refractivity contribution in [1.82, 2.24) is 0 Å². The van der Waals surface area contributed by atoms with Crippen LogP contribution >= 0.6 is 0 Å². The predicted octanol–water partition coefficient (Wildman–Crippen LogP) is 10.1. The first-order valence-electron chi connectivity index (χ1n) is 14.8. The van der Waals surface area contributed by atoms with Crippen LogP contribution in [0.4, 0.5) is 26.3 Å². The molecule has 0 heterocycles. The van der Waals surface area contributed by atoms with Crippen molar-refractivity contribution in [3.8, 4) is 0 Å². The predicted molar refractivity (Wildman–Crippen MR) is 162 cm³/mol. The molecule has 0 saturated carbocycles. The summed E-state index contributed by atoms with van der Waals surface area (Å²) in [6, 6.07) is 0.896. The van der Waals surface area contributed by atoms with Gasteiger partial charge in [0.2, 0.25) is 8.32 Å². The molecule has 0 rings (SSSR count). The van der Waals surface area contributed by atoms with Crippen molar-refractivity contribution in [2.45, 2.75) is 153 Å². The monoisotopic (exact) mass is 652 g/mol. The second-order valence-electron chi connectivity index (χ2n) is 12.6. The van der Waals surface area contributed by atoms with Crippen LogP contribution in [-0.4, -0.2) is 60.6 Å². The first-order valence-corrected chi connectivity index (χ1v) is 23.6. The maximum absolute atomic E-state index is 13.6. The van der Waals surface area contributed by atoms with Gasteiger partial charge in [-0.05, 0) is 64.3 Å². The molecular weight excluding hydrogens is 599 g/mol. The largest absolute Gasteiger partial charge is 0.462 e. The summed E-state index contributed by atoms with van der Waals surface area (Å²) in [5.41, 5.74) is -0.0195. The summed E-state index contributed by atoms with van der Waals surface area (Å²) in [5.74, 6) is -0.463. The molecule has 41 heavy (non-hydrogen) atoms. The molecule has 0 spiro atoms. The highest BCUT2D eigenvalue weighted by Crippen LogP contribution is 2.44. The van der Waals surface area contributed by atoms with Crippen LogP contribution in [0.25, 0.3) is 0 Å². The lowest BCUT2D eigenvalue weighted by Gasteiger charge is -2.52. The van der Waals surface area contributed by atoms with Crippen molar-refractivity contribution in [1.29, 1.82) is 0 Å².